The lowest BCUT2D eigenvalue weighted by atomic mass is 9.95. The quantitative estimate of drug-likeness (QED) is 0.754. The summed E-state index contributed by atoms with van der Waals surface area (Å²) in [6.45, 7) is 0.883. The first-order chi connectivity index (χ1) is 7.56. The molecule has 4 heteroatoms. The van der Waals surface area contributed by atoms with E-state index in [4.69, 9.17) is 0 Å². The van der Waals surface area contributed by atoms with Crippen LogP contribution in [0.15, 0.2) is 18.2 Å². The maximum atomic E-state index is 11.9. The number of fused-ring (bicyclic) bond motifs is 1. The lowest BCUT2D eigenvalue weighted by Gasteiger charge is -2.28. The number of hydrogen-bond donors (Lipinski definition) is 1. The Balaban J connectivity index is 2.23. The predicted octanol–water partition coefficient (Wildman–Crippen LogP) is 0.403. The van der Waals surface area contributed by atoms with E-state index < -0.39 is 0 Å². The molecule has 1 N–H and O–H groups in total. The molecule has 0 spiro atoms. The third-order valence-electron chi connectivity index (χ3n) is 2.77. The van der Waals surface area contributed by atoms with Crippen LogP contribution in [0.25, 0.3) is 0 Å². The topological polar surface area (TPSA) is 32.3 Å². The molecule has 1 aromatic rings. The number of nitrogens with zero attached hydrogens (tertiary/aromatic N) is 1. The zero-order valence-electron chi connectivity index (χ0n) is 9.66. The van der Waals surface area contributed by atoms with Gasteiger partial charge in [-0.2, -0.15) is 0 Å². The average Bonchev–Trinajstić information content (AvgIpc) is 2.18. The first kappa shape index (κ1) is 11.6. The van der Waals surface area contributed by atoms with Crippen LogP contribution in [0, 0.1) is 0 Å². The zero-order valence-corrected chi connectivity index (χ0v) is 10.8. The normalized spacial score (nSPS) is 19.5. The van der Waals surface area contributed by atoms with Crippen molar-refractivity contribution in [3.63, 3.8) is 0 Å². The Kier molecular flexibility index (Phi) is 3.27. The van der Waals surface area contributed by atoms with Crippen LogP contribution >= 0.6 is 9.24 Å². The van der Waals surface area contributed by atoms with Crippen LogP contribution in [0.5, 0.6) is 0 Å². The largest absolute Gasteiger partial charge is 0.348 e. The molecule has 1 aliphatic heterocycles. The van der Waals surface area contributed by atoms with E-state index in [1.165, 1.54) is 0 Å². The lowest BCUT2D eigenvalue weighted by molar-refractivity contribution is 0.0917. The van der Waals surface area contributed by atoms with Gasteiger partial charge in [-0.1, -0.05) is 12.1 Å². The zero-order chi connectivity index (χ0) is 11.7. The van der Waals surface area contributed by atoms with Crippen LogP contribution in [-0.4, -0.2) is 37.5 Å². The molecule has 16 heavy (non-hydrogen) atoms. The van der Waals surface area contributed by atoms with Gasteiger partial charge in [0.2, 0.25) is 0 Å². The first-order valence-corrected chi connectivity index (χ1v) is 5.98. The van der Waals surface area contributed by atoms with Crippen LogP contribution in [-0.2, 0) is 6.42 Å². The predicted molar refractivity (Wildman–Crippen MR) is 69.3 cm³/mol. The van der Waals surface area contributed by atoms with E-state index in [0.717, 1.165) is 29.4 Å². The molecule has 2 unspecified atom stereocenters. The second-order valence-corrected chi connectivity index (χ2v) is 5.22. The molecule has 2 rings (SSSR count). The van der Waals surface area contributed by atoms with E-state index in [2.05, 4.69) is 25.5 Å². The molecule has 1 heterocycles. The Bertz CT molecular complexity index is 417. The van der Waals surface area contributed by atoms with Crippen molar-refractivity contribution in [1.29, 1.82) is 0 Å². The maximum Gasteiger partial charge on any atom is 0.251 e. The molecule has 2 atom stereocenters. The third-order valence-corrected chi connectivity index (χ3v) is 3.12. The highest BCUT2D eigenvalue weighted by atomic mass is 31.0. The van der Waals surface area contributed by atoms with Gasteiger partial charge in [-0.05, 0) is 37.5 Å². The highest BCUT2D eigenvalue weighted by molar-refractivity contribution is 7.27. The van der Waals surface area contributed by atoms with Crippen molar-refractivity contribution in [2.24, 2.45) is 0 Å². The summed E-state index contributed by atoms with van der Waals surface area (Å²) >= 11 is 0. The van der Waals surface area contributed by atoms with E-state index in [1.807, 2.05) is 26.2 Å². The Morgan fingerprint density at radius 3 is 2.94 bits per heavy atom. The van der Waals surface area contributed by atoms with Gasteiger partial charge in [0.25, 0.3) is 5.91 Å². The van der Waals surface area contributed by atoms with E-state index in [0.29, 0.717) is 0 Å². The lowest BCUT2D eigenvalue weighted by Crippen LogP contribution is -2.46. The fourth-order valence-corrected chi connectivity index (χ4v) is 2.38. The highest BCUT2D eigenvalue weighted by Crippen LogP contribution is 2.16. The van der Waals surface area contributed by atoms with Crippen molar-refractivity contribution in [2.75, 3.05) is 20.6 Å². The van der Waals surface area contributed by atoms with Gasteiger partial charge in [-0.15, -0.1) is 9.24 Å². The number of nitrogens with one attached hydrogen (secondary N) is 1. The fraction of sp³-hybridized carbons (Fsp3) is 0.417. The summed E-state index contributed by atoms with van der Waals surface area (Å²) in [6, 6.07) is 6.25. The molecule has 1 aromatic carbocycles. The molecule has 0 bridgehead atoms. The molecule has 0 saturated heterocycles. The first-order valence-electron chi connectivity index (χ1n) is 5.40. The number of rotatable bonds is 2. The molecular weight excluding hydrogens is 219 g/mol. The smallest absolute Gasteiger partial charge is 0.251 e. The minimum atomic E-state index is 0.0531. The van der Waals surface area contributed by atoms with E-state index >= 15 is 0 Å². The summed E-state index contributed by atoms with van der Waals surface area (Å²) in [4.78, 5) is 14.0. The van der Waals surface area contributed by atoms with Gasteiger partial charge in [-0.3, -0.25) is 4.79 Å². The fourth-order valence-electron chi connectivity index (χ4n) is 2.11. The van der Waals surface area contributed by atoms with Crippen molar-refractivity contribution in [3.8, 4) is 0 Å². The van der Waals surface area contributed by atoms with Crippen molar-refractivity contribution < 1.29 is 4.79 Å². The number of amides is 1. The Morgan fingerprint density at radius 1 is 1.50 bits per heavy atom. The maximum absolute atomic E-state index is 11.9. The van der Waals surface area contributed by atoms with Gasteiger partial charge >= 0.3 is 0 Å². The van der Waals surface area contributed by atoms with Gasteiger partial charge in [0.05, 0.1) is 0 Å². The van der Waals surface area contributed by atoms with Crippen LogP contribution in [0.3, 0.4) is 0 Å². The molecule has 0 fully saturated rings. The van der Waals surface area contributed by atoms with Gasteiger partial charge in [-0.25, -0.2) is 0 Å². The summed E-state index contributed by atoms with van der Waals surface area (Å²) in [5.41, 5.74) is 1.98. The van der Waals surface area contributed by atoms with E-state index in [9.17, 15) is 4.79 Å². The standard InChI is InChI=1S/C12H17N2OP/c1-14(2)7-9-5-8-3-4-10(16)6-11(8)12(15)13-9/h3-4,6,9H,5,7,16H2,1-2H3,(H,13,15). The molecule has 0 aliphatic carbocycles. The van der Waals surface area contributed by atoms with Gasteiger partial charge in [0, 0.05) is 18.2 Å². The molecule has 0 saturated carbocycles. The molecule has 3 nitrogen and oxygen atoms in total. The van der Waals surface area contributed by atoms with Crippen molar-refractivity contribution in [2.45, 2.75) is 12.5 Å². The Morgan fingerprint density at radius 2 is 2.25 bits per heavy atom. The minimum Gasteiger partial charge on any atom is -0.348 e. The van der Waals surface area contributed by atoms with E-state index in [1.54, 1.807) is 0 Å². The summed E-state index contributed by atoms with van der Waals surface area (Å²) in [6.07, 6.45) is 0.921. The number of carbonyl (C=O) groups is 1. The monoisotopic (exact) mass is 236 g/mol. The van der Waals surface area contributed by atoms with Crippen LogP contribution < -0.4 is 10.6 Å². The number of benzene rings is 1. The third kappa shape index (κ3) is 2.42. The molecule has 86 valence electrons. The van der Waals surface area contributed by atoms with Crippen LogP contribution in [0.1, 0.15) is 15.9 Å². The molecule has 1 aliphatic rings. The van der Waals surface area contributed by atoms with Gasteiger partial charge in [0.1, 0.15) is 0 Å². The summed E-state index contributed by atoms with van der Waals surface area (Å²) in [5.74, 6) is 0.0531. The van der Waals surface area contributed by atoms with E-state index in [-0.39, 0.29) is 11.9 Å². The second-order valence-electron chi connectivity index (χ2n) is 4.55. The highest BCUT2D eigenvalue weighted by Gasteiger charge is 2.24. The van der Waals surface area contributed by atoms with Crippen molar-refractivity contribution in [3.05, 3.63) is 29.3 Å². The number of hydrogen-bond acceptors (Lipinski definition) is 2. The van der Waals surface area contributed by atoms with Gasteiger partial charge < -0.3 is 10.2 Å². The summed E-state index contributed by atoms with van der Waals surface area (Å²) in [5, 5.41) is 4.10. The Labute approximate surface area is 98.4 Å². The van der Waals surface area contributed by atoms with Crippen LogP contribution in [0.2, 0.25) is 0 Å². The minimum absolute atomic E-state index is 0.0531. The molecule has 0 radical (unpaired) electrons. The van der Waals surface area contributed by atoms with Gasteiger partial charge in [0.15, 0.2) is 0 Å². The van der Waals surface area contributed by atoms with Crippen LogP contribution in [0.4, 0.5) is 0 Å². The SMILES string of the molecule is CN(C)CC1Cc2ccc(P)cc2C(=O)N1. The second kappa shape index (κ2) is 4.52. The molecular formula is C12H17N2OP. The molecule has 0 aromatic heterocycles. The number of likely N-dealkylation sites (N-methyl/N-ethyl adjacent to an activating group) is 1. The van der Waals surface area contributed by atoms with Crippen molar-refractivity contribution in [1.82, 2.24) is 10.2 Å². The average molecular weight is 236 g/mol. The number of carbonyl (C=O) groups excluding carboxylic acids is 1. The van der Waals surface area contributed by atoms with Crippen molar-refractivity contribution >= 4 is 20.5 Å². The molecule has 1 amide bonds. The Hall–Kier alpha value is -0.920. The summed E-state index contributed by atoms with van der Waals surface area (Å²) in [7, 11) is 6.67. The summed E-state index contributed by atoms with van der Waals surface area (Å²) < 4.78 is 0.